The molecule has 2 amide bonds. The van der Waals surface area contributed by atoms with Crippen molar-refractivity contribution in [2.24, 2.45) is 0 Å². The highest BCUT2D eigenvalue weighted by Gasteiger charge is 2.30. The maximum atomic E-state index is 12.2. The number of amides is 2. The molecule has 0 unspecified atom stereocenters. The molecule has 6 heteroatoms. The van der Waals surface area contributed by atoms with E-state index in [1.54, 1.807) is 12.0 Å². The zero-order valence-electron chi connectivity index (χ0n) is 15.5. The summed E-state index contributed by atoms with van der Waals surface area (Å²) in [7, 11) is 1.63. The summed E-state index contributed by atoms with van der Waals surface area (Å²) < 4.78 is 10.6. The lowest BCUT2D eigenvalue weighted by atomic mass is 10.1. The Hall–Kier alpha value is -2.24. The minimum atomic E-state index is -0.505. The second-order valence-electron chi connectivity index (χ2n) is 7.33. The van der Waals surface area contributed by atoms with Crippen LogP contribution in [0.5, 0.6) is 5.75 Å². The molecular formula is C19H28N2O4. The van der Waals surface area contributed by atoms with Crippen molar-refractivity contribution in [2.75, 3.05) is 20.2 Å². The predicted molar refractivity (Wildman–Crippen MR) is 95.7 cm³/mol. The molecule has 1 N–H and O–H groups in total. The van der Waals surface area contributed by atoms with Crippen molar-refractivity contribution in [2.45, 2.75) is 51.7 Å². The molecule has 0 aliphatic carbocycles. The van der Waals surface area contributed by atoms with Gasteiger partial charge in [-0.2, -0.15) is 0 Å². The molecule has 0 spiro atoms. The van der Waals surface area contributed by atoms with Gasteiger partial charge < -0.3 is 19.7 Å². The van der Waals surface area contributed by atoms with Crippen LogP contribution in [0.4, 0.5) is 4.79 Å². The molecule has 1 aliphatic heterocycles. The standard InChI is InChI=1S/C19H28N2O4/c1-19(2,3)25-18(23)21-11-10-15(13-21)20-17(22)9-8-14-6-5-7-16(12-14)24-4/h5-7,12,15H,8-11,13H2,1-4H3,(H,20,22)/t15-/m0/s1. The van der Waals surface area contributed by atoms with Gasteiger partial charge in [0.15, 0.2) is 0 Å². The van der Waals surface area contributed by atoms with E-state index >= 15 is 0 Å². The van der Waals surface area contributed by atoms with Crippen LogP contribution in [0.25, 0.3) is 0 Å². The van der Waals surface area contributed by atoms with Gasteiger partial charge in [-0.15, -0.1) is 0 Å². The fourth-order valence-electron chi connectivity index (χ4n) is 2.76. The highest BCUT2D eigenvalue weighted by Crippen LogP contribution is 2.16. The van der Waals surface area contributed by atoms with Gasteiger partial charge in [0.1, 0.15) is 11.4 Å². The van der Waals surface area contributed by atoms with E-state index < -0.39 is 5.60 Å². The molecule has 1 heterocycles. The Bertz CT molecular complexity index is 610. The molecular weight excluding hydrogens is 320 g/mol. The van der Waals surface area contributed by atoms with Crippen LogP contribution < -0.4 is 10.1 Å². The van der Waals surface area contributed by atoms with Crippen molar-refractivity contribution in [1.29, 1.82) is 0 Å². The lowest BCUT2D eigenvalue weighted by Gasteiger charge is -2.24. The lowest BCUT2D eigenvalue weighted by Crippen LogP contribution is -2.40. The van der Waals surface area contributed by atoms with Crippen LogP contribution in [0, 0.1) is 0 Å². The SMILES string of the molecule is COc1cccc(CCC(=O)N[C@H]2CCN(C(=O)OC(C)(C)C)C2)c1. The average molecular weight is 348 g/mol. The van der Waals surface area contributed by atoms with Crippen molar-refractivity contribution in [3.8, 4) is 5.75 Å². The Kier molecular flexibility index (Phi) is 6.28. The summed E-state index contributed by atoms with van der Waals surface area (Å²) in [4.78, 5) is 25.8. The van der Waals surface area contributed by atoms with Crippen LogP contribution >= 0.6 is 0 Å². The largest absolute Gasteiger partial charge is 0.497 e. The average Bonchev–Trinajstić information content (AvgIpc) is 3.00. The number of benzene rings is 1. The number of hydrogen-bond donors (Lipinski definition) is 1. The molecule has 1 aliphatic rings. The summed E-state index contributed by atoms with van der Waals surface area (Å²) in [5.74, 6) is 0.792. The van der Waals surface area contributed by atoms with Crippen molar-refractivity contribution < 1.29 is 19.1 Å². The van der Waals surface area contributed by atoms with E-state index in [0.717, 1.165) is 17.7 Å². The zero-order chi connectivity index (χ0) is 18.4. The fourth-order valence-corrected chi connectivity index (χ4v) is 2.76. The third-order valence-electron chi connectivity index (χ3n) is 3.98. The fraction of sp³-hybridized carbons (Fsp3) is 0.579. The predicted octanol–water partition coefficient (Wildman–Crippen LogP) is 2.75. The van der Waals surface area contributed by atoms with Crippen LogP contribution in [0.2, 0.25) is 0 Å². The second-order valence-corrected chi connectivity index (χ2v) is 7.33. The van der Waals surface area contributed by atoms with Crippen molar-refractivity contribution in [3.05, 3.63) is 29.8 Å². The topological polar surface area (TPSA) is 67.9 Å². The van der Waals surface area contributed by atoms with Gasteiger partial charge in [0.2, 0.25) is 5.91 Å². The second kappa shape index (κ2) is 8.23. The quantitative estimate of drug-likeness (QED) is 0.888. The zero-order valence-corrected chi connectivity index (χ0v) is 15.5. The van der Waals surface area contributed by atoms with E-state index in [4.69, 9.17) is 9.47 Å². The summed E-state index contributed by atoms with van der Waals surface area (Å²) >= 11 is 0. The first-order valence-corrected chi connectivity index (χ1v) is 8.67. The van der Waals surface area contributed by atoms with Gasteiger partial charge in [-0.25, -0.2) is 4.79 Å². The number of likely N-dealkylation sites (tertiary alicyclic amines) is 1. The van der Waals surface area contributed by atoms with Crippen LogP contribution in [-0.2, 0) is 16.0 Å². The molecule has 0 bridgehead atoms. The summed E-state index contributed by atoms with van der Waals surface area (Å²) in [5, 5.41) is 3.01. The summed E-state index contributed by atoms with van der Waals surface area (Å²) in [6, 6.07) is 7.71. The molecule has 6 nitrogen and oxygen atoms in total. The number of nitrogens with zero attached hydrogens (tertiary/aromatic N) is 1. The first-order chi connectivity index (χ1) is 11.8. The molecule has 25 heavy (non-hydrogen) atoms. The third-order valence-corrected chi connectivity index (χ3v) is 3.98. The van der Waals surface area contributed by atoms with Gasteiger partial charge in [-0.05, 0) is 51.3 Å². The maximum absolute atomic E-state index is 12.2. The molecule has 1 fully saturated rings. The smallest absolute Gasteiger partial charge is 0.410 e. The Labute approximate surface area is 149 Å². The number of hydrogen-bond acceptors (Lipinski definition) is 4. The Balaban J connectivity index is 1.75. The molecule has 1 saturated heterocycles. The van der Waals surface area contributed by atoms with Gasteiger partial charge in [0.25, 0.3) is 0 Å². The Morgan fingerprint density at radius 1 is 1.32 bits per heavy atom. The number of methoxy groups -OCH3 is 1. The number of nitrogens with one attached hydrogen (secondary N) is 1. The minimum absolute atomic E-state index is 0.00106. The lowest BCUT2D eigenvalue weighted by molar-refractivity contribution is -0.121. The maximum Gasteiger partial charge on any atom is 0.410 e. The van der Waals surface area contributed by atoms with Crippen LogP contribution in [0.1, 0.15) is 39.2 Å². The highest BCUT2D eigenvalue weighted by atomic mass is 16.6. The molecule has 0 radical (unpaired) electrons. The van der Waals surface area contributed by atoms with Crippen LogP contribution in [0.3, 0.4) is 0 Å². The Morgan fingerprint density at radius 3 is 2.76 bits per heavy atom. The van der Waals surface area contributed by atoms with E-state index in [9.17, 15) is 9.59 Å². The van der Waals surface area contributed by atoms with E-state index in [1.165, 1.54) is 0 Å². The van der Waals surface area contributed by atoms with Crippen LogP contribution in [0.15, 0.2) is 24.3 Å². The molecule has 138 valence electrons. The van der Waals surface area contributed by atoms with Crippen molar-refractivity contribution in [3.63, 3.8) is 0 Å². The monoisotopic (exact) mass is 348 g/mol. The normalized spacial score (nSPS) is 17.3. The minimum Gasteiger partial charge on any atom is -0.497 e. The number of aryl methyl sites for hydroxylation is 1. The molecule has 1 aromatic rings. The Morgan fingerprint density at radius 2 is 2.08 bits per heavy atom. The van der Waals surface area contributed by atoms with E-state index in [-0.39, 0.29) is 18.0 Å². The number of ether oxygens (including phenoxy) is 2. The van der Waals surface area contributed by atoms with Gasteiger partial charge >= 0.3 is 6.09 Å². The third kappa shape index (κ3) is 6.29. The highest BCUT2D eigenvalue weighted by molar-refractivity contribution is 5.77. The number of carbonyl (C=O) groups excluding carboxylic acids is 2. The summed E-state index contributed by atoms with van der Waals surface area (Å²) in [6.45, 7) is 6.64. The van der Waals surface area contributed by atoms with Crippen molar-refractivity contribution in [1.82, 2.24) is 10.2 Å². The van der Waals surface area contributed by atoms with Gasteiger partial charge in [0, 0.05) is 25.6 Å². The molecule has 0 saturated carbocycles. The number of carbonyl (C=O) groups is 2. The van der Waals surface area contributed by atoms with Gasteiger partial charge in [-0.3, -0.25) is 4.79 Å². The molecule has 1 aromatic carbocycles. The van der Waals surface area contributed by atoms with Gasteiger partial charge in [-0.1, -0.05) is 12.1 Å². The van der Waals surface area contributed by atoms with Crippen LogP contribution in [-0.4, -0.2) is 48.7 Å². The first-order valence-electron chi connectivity index (χ1n) is 8.67. The van der Waals surface area contributed by atoms with E-state index in [2.05, 4.69) is 5.32 Å². The first kappa shape index (κ1) is 19.1. The molecule has 0 aromatic heterocycles. The van der Waals surface area contributed by atoms with E-state index in [1.807, 2.05) is 45.0 Å². The molecule has 2 rings (SSSR count). The summed E-state index contributed by atoms with van der Waals surface area (Å²) in [6.07, 6.45) is 1.51. The van der Waals surface area contributed by atoms with Crippen molar-refractivity contribution >= 4 is 12.0 Å². The van der Waals surface area contributed by atoms with Gasteiger partial charge in [0.05, 0.1) is 7.11 Å². The van der Waals surface area contributed by atoms with E-state index in [0.29, 0.717) is 25.9 Å². The summed E-state index contributed by atoms with van der Waals surface area (Å²) in [5.41, 5.74) is 0.561. The molecule has 1 atom stereocenters. The number of rotatable bonds is 5.